The minimum atomic E-state index is -0.299. The average molecular weight is 314 g/mol. The van der Waals surface area contributed by atoms with Gasteiger partial charge in [0.1, 0.15) is 5.82 Å². The number of aryl methyl sites for hydroxylation is 1. The Labute approximate surface area is 112 Å². The minimum absolute atomic E-state index is 0.230. The van der Waals surface area contributed by atoms with Crippen LogP contribution >= 0.6 is 15.9 Å². The summed E-state index contributed by atoms with van der Waals surface area (Å²) in [6.45, 7) is 0. The first kappa shape index (κ1) is 13.1. The van der Waals surface area contributed by atoms with Gasteiger partial charge in [-0.2, -0.15) is 0 Å². The van der Waals surface area contributed by atoms with Crippen LogP contribution in [-0.4, -0.2) is 15.0 Å². The van der Waals surface area contributed by atoms with E-state index in [0.717, 1.165) is 15.7 Å². The molecule has 1 heterocycles. The number of aromatic nitrogens is 3. The van der Waals surface area contributed by atoms with E-state index in [1.165, 1.54) is 12.1 Å². The lowest BCUT2D eigenvalue weighted by atomic mass is 10.0. The van der Waals surface area contributed by atoms with Crippen LogP contribution in [0.4, 0.5) is 4.39 Å². The second-order valence-corrected chi connectivity index (χ2v) is 4.83. The molecule has 1 atom stereocenters. The molecule has 0 spiro atoms. The molecule has 0 aliphatic carbocycles. The summed E-state index contributed by atoms with van der Waals surface area (Å²) < 4.78 is 15.7. The Bertz CT molecular complexity index is 542. The van der Waals surface area contributed by atoms with Crippen LogP contribution in [0.25, 0.3) is 0 Å². The SMILES string of the molecule is Cn1cc(CC(NN)c2cc(F)ccc2Br)nn1. The molecule has 0 bridgehead atoms. The number of hydrazine groups is 1. The molecule has 0 amide bonds. The number of hydrogen-bond donors (Lipinski definition) is 2. The lowest BCUT2D eigenvalue weighted by Crippen LogP contribution is -2.30. The van der Waals surface area contributed by atoms with Gasteiger partial charge in [-0.25, -0.2) is 4.39 Å². The van der Waals surface area contributed by atoms with Gasteiger partial charge in [0, 0.05) is 24.1 Å². The maximum absolute atomic E-state index is 13.3. The second kappa shape index (κ2) is 5.55. The highest BCUT2D eigenvalue weighted by atomic mass is 79.9. The standard InChI is InChI=1S/C11H13BrFN5/c1-18-6-8(16-17-18)5-11(15-14)9-4-7(13)2-3-10(9)12/h2-4,6,11,15H,5,14H2,1H3. The third-order valence-electron chi connectivity index (χ3n) is 2.60. The van der Waals surface area contributed by atoms with Gasteiger partial charge in [0.15, 0.2) is 0 Å². The molecule has 0 aliphatic heterocycles. The van der Waals surface area contributed by atoms with E-state index in [-0.39, 0.29) is 11.9 Å². The summed E-state index contributed by atoms with van der Waals surface area (Å²) in [5.74, 6) is 5.23. The van der Waals surface area contributed by atoms with E-state index in [1.807, 2.05) is 0 Å². The highest BCUT2D eigenvalue weighted by molar-refractivity contribution is 9.10. The molecule has 96 valence electrons. The van der Waals surface area contributed by atoms with E-state index < -0.39 is 0 Å². The lowest BCUT2D eigenvalue weighted by molar-refractivity contribution is 0.536. The number of halogens is 2. The quantitative estimate of drug-likeness (QED) is 0.662. The monoisotopic (exact) mass is 313 g/mol. The van der Waals surface area contributed by atoms with Crippen molar-refractivity contribution in [2.45, 2.75) is 12.5 Å². The molecular formula is C11H13BrFN5. The largest absolute Gasteiger partial charge is 0.271 e. The van der Waals surface area contributed by atoms with Crippen molar-refractivity contribution in [1.82, 2.24) is 20.4 Å². The van der Waals surface area contributed by atoms with Crippen molar-refractivity contribution < 1.29 is 4.39 Å². The molecular weight excluding hydrogens is 301 g/mol. The molecule has 5 nitrogen and oxygen atoms in total. The van der Waals surface area contributed by atoms with Crippen LogP contribution < -0.4 is 11.3 Å². The van der Waals surface area contributed by atoms with E-state index >= 15 is 0 Å². The maximum Gasteiger partial charge on any atom is 0.123 e. The van der Waals surface area contributed by atoms with Crippen LogP contribution in [0.5, 0.6) is 0 Å². The van der Waals surface area contributed by atoms with Crippen molar-refractivity contribution in [1.29, 1.82) is 0 Å². The molecule has 18 heavy (non-hydrogen) atoms. The van der Waals surface area contributed by atoms with Crippen LogP contribution in [0.1, 0.15) is 17.3 Å². The van der Waals surface area contributed by atoms with Gasteiger partial charge in [-0.1, -0.05) is 21.1 Å². The summed E-state index contributed by atoms with van der Waals surface area (Å²) in [5, 5.41) is 7.84. The Morgan fingerprint density at radius 3 is 2.94 bits per heavy atom. The predicted molar refractivity (Wildman–Crippen MR) is 68.9 cm³/mol. The first-order chi connectivity index (χ1) is 8.60. The third kappa shape index (κ3) is 2.92. The molecule has 7 heteroatoms. The van der Waals surface area contributed by atoms with Crippen LogP contribution in [-0.2, 0) is 13.5 Å². The van der Waals surface area contributed by atoms with Crippen LogP contribution in [0.3, 0.4) is 0 Å². The maximum atomic E-state index is 13.3. The Kier molecular flexibility index (Phi) is 4.05. The summed E-state index contributed by atoms with van der Waals surface area (Å²) in [4.78, 5) is 0. The van der Waals surface area contributed by atoms with Crippen molar-refractivity contribution in [3.8, 4) is 0 Å². The number of nitrogens with one attached hydrogen (secondary N) is 1. The Morgan fingerprint density at radius 2 is 2.33 bits per heavy atom. The van der Waals surface area contributed by atoms with Crippen molar-refractivity contribution in [3.63, 3.8) is 0 Å². The molecule has 1 aromatic heterocycles. The van der Waals surface area contributed by atoms with E-state index in [0.29, 0.717) is 6.42 Å². The molecule has 3 N–H and O–H groups in total. The predicted octanol–water partition coefficient (Wildman–Crippen LogP) is 1.46. The number of hydrogen-bond acceptors (Lipinski definition) is 4. The van der Waals surface area contributed by atoms with E-state index in [9.17, 15) is 4.39 Å². The Balaban J connectivity index is 2.25. The molecule has 0 fully saturated rings. The fourth-order valence-corrected chi connectivity index (χ4v) is 2.26. The number of rotatable bonds is 4. The van der Waals surface area contributed by atoms with Crippen molar-refractivity contribution >= 4 is 15.9 Å². The topological polar surface area (TPSA) is 68.8 Å². The van der Waals surface area contributed by atoms with Gasteiger partial charge in [-0.15, -0.1) is 5.10 Å². The molecule has 2 aromatic rings. The summed E-state index contributed by atoms with van der Waals surface area (Å²) in [6.07, 6.45) is 2.34. The summed E-state index contributed by atoms with van der Waals surface area (Å²) in [5.41, 5.74) is 4.21. The molecule has 1 aromatic carbocycles. The highest BCUT2D eigenvalue weighted by Crippen LogP contribution is 2.26. The zero-order chi connectivity index (χ0) is 13.1. The second-order valence-electron chi connectivity index (χ2n) is 3.97. The van der Waals surface area contributed by atoms with E-state index in [2.05, 4.69) is 31.7 Å². The highest BCUT2D eigenvalue weighted by Gasteiger charge is 2.16. The minimum Gasteiger partial charge on any atom is -0.271 e. The van der Waals surface area contributed by atoms with Gasteiger partial charge >= 0.3 is 0 Å². The Hall–Kier alpha value is -1.31. The van der Waals surface area contributed by atoms with Crippen molar-refractivity contribution in [2.24, 2.45) is 12.9 Å². The number of nitrogens with zero attached hydrogens (tertiary/aromatic N) is 3. The summed E-state index contributed by atoms with van der Waals surface area (Å²) in [6, 6.07) is 4.27. The average Bonchev–Trinajstić information content (AvgIpc) is 2.75. The van der Waals surface area contributed by atoms with Gasteiger partial charge < -0.3 is 0 Å². The van der Waals surface area contributed by atoms with Crippen molar-refractivity contribution in [3.05, 3.63) is 45.9 Å². The summed E-state index contributed by atoms with van der Waals surface area (Å²) in [7, 11) is 1.79. The first-order valence-electron chi connectivity index (χ1n) is 5.36. The van der Waals surface area contributed by atoms with Crippen LogP contribution in [0, 0.1) is 5.82 Å². The van der Waals surface area contributed by atoms with Gasteiger partial charge in [0.25, 0.3) is 0 Å². The summed E-state index contributed by atoms with van der Waals surface area (Å²) >= 11 is 3.39. The molecule has 1 unspecified atom stereocenters. The molecule has 0 aliphatic rings. The lowest BCUT2D eigenvalue weighted by Gasteiger charge is -2.16. The number of nitrogens with two attached hydrogens (primary N) is 1. The van der Waals surface area contributed by atoms with Crippen molar-refractivity contribution in [2.75, 3.05) is 0 Å². The molecule has 0 saturated heterocycles. The van der Waals surface area contributed by atoms with Gasteiger partial charge in [0.2, 0.25) is 0 Å². The fourth-order valence-electron chi connectivity index (χ4n) is 1.74. The zero-order valence-corrected chi connectivity index (χ0v) is 11.4. The Morgan fingerprint density at radius 1 is 1.56 bits per heavy atom. The van der Waals surface area contributed by atoms with Crippen LogP contribution in [0.2, 0.25) is 0 Å². The fraction of sp³-hybridized carbons (Fsp3) is 0.273. The van der Waals surface area contributed by atoms with E-state index in [4.69, 9.17) is 5.84 Å². The first-order valence-corrected chi connectivity index (χ1v) is 6.15. The molecule has 0 saturated carbocycles. The molecule has 0 radical (unpaired) electrons. The van der Waals surface area contributed by atoms with Crippen LogP contribution in [0.15, 0.2) is 28.9 Å². The van der Waals surface area contributed by atoms with E-state index in [1.54, 1.807) is 24.0 Å². The van der Waals surface area contributed by atoms with Gasteiger partial charge in [-0.05, 0) is 23.8 Å². The zero-order valence-electron chi connectivity index (χ0n) is 9.77. The number of benzene rings is 1. The smallest absolute Gasteiger partial charge is 0.123 e. The normalized spacial score (nSPS) is 12.7. The van der Waals surface area contributed by atoms with Gasteiger partial charge in [-0.3, -0.25) is 16.0 Å². The molecule has 2 rings (SSSR count). The third-order valence-corrected chi connectivity index (χ3v) is 3.32. The van der Waals surface area contributed by atoms with Gasteiger partial charge in [0.05, 0.1) is 11.7 Å².